The Kier molecular flexibility index (Phi) is 6.33. The van der Waals surface area contributed by atoms with Crippen LogP contribution in [0.25, 0.3) is 22.0 Å². The largest absolute Gasteiger partial charge is 0.480 e. The highest BCUT2D eigenvalue weighted by molar-refractivity contribution is 6.36. The Labute approximate surface area is 197 Å². The Balaban J connectivity index is 1.92. The number of fused-ring (bicyclic) bond motifs is 1. The van der Waals surface area contributed by atoms with E-state index in [0.717, 1.165) is 31.0 Å². The number of carbonyl (C=O) groups excluding carboxylic acids is 1. The Hall–Kier alpha value is -3.07. The number of aliphatic carboxylic acids is 1. The zero-order valence-electron chi connectivity index (χ0n) is 18.1. The van der Waals surface area contributed by atoms with Gasteiger partial charge in [0.2, 0.25) is 5.91 Å². The number of rotatable bonds is 7. The molecule has 10 heteroatoms. The number of halogens is 5. The third-order valence-electron chi connectivity index (χ3n) is 5.95. The van der Waals surface area contributed by atoms with Crippen LogP contribution in [0.5, 0.6) is 0 Å². The van der Waals surface area contributed by atoms with E-state index >= 15 is 0 Å². The molecule has 180 valence electrons. The first-order chi connectivity index (χ1) is 16.0. The number of carbonyl (C=O) groups is 2. The van der Waals surface area contributed by atoms with Crippen molar-refractivity contribution in [3.05, 3.63) is 58.5 Å². The van der Waals surface area contributed by atoms with E-state index in [9.17, 15) is 32.3 Å². The van der Waals surface area contributed by atoms with Crippen LogP contribution in [0.2, 0.25) is 5.02 Å². The van der Waals surface area contributed by atoms with E-state index in [1.165, 1.54) is 27.8 Å². The van der Waals surface area contributed by atoms with Gasteiger partial charge in [-0.05, 0) is 55.2 Å². The predicted molar refractivity (Wildman–Crippen MR) is 119 cm³/mol. The summed E-state index contributed by atoms with van der Waals surface area (Å²) in [6.45, 7) is 1.53. The van der Waals surface area contributed by atoms with Crippen molar-refractivity contribution in [3.63, 3.8) is 0 Å². The summed E-state index contributed by atoms with van der Waals surface area (Å²) in [4.78, 5) is 25.5. The molecular formula is C24H21ClF4N2O3. The molecule has 0 bridgehead atoms. The average molecular weight is 497 g/mol. The maximum absolute atomic E-state index is 14.3. The van der Waals surface area contributed by atoms with E-state index in [1.807, 2.05) is 0 Å². The maximum Gasteiger partial charge on any atom is 0.416 e. The summed E-state index contributed by atoms with van der Waals surface area (Å²) in [5.74, 6) is -2.13. The number of aromatic nitrogens is 1. The Bertz CT molecular complexity index is 1280. The van der Waals surface area contributed by atoms with Crippen molar-refractivity contribution in [1.82, 2.24) is 9.47 Å². The summed E-state index contributed by atoms with van der Waals surface area (Å²) in [7, 11) is 0. The second kappa shape index (κ2) is 8.94. The van der Waals surface area contributed by atoms with Gasteiger partial charge in [0, 0.05) is 36.2 Å². The van der Waals surface area contributed by atoms with Crippen molar-refractivity contribution in [2.75, 3.05) is 6.54 Å². The number of amides is 1. The van der Waals surface area contributed by atoms with Gasteiger partial charge >= 0.3 is 12.1 Å². The normalized spacial score (nSPS) is 13.9. The molecule has 0 atom stereocenters. The minimum atomic E-state index is -4.61. The summed E-state index contributed by atoms with van der Waals surface area (Å²) in [5, 5.41) is 9.22. The lowest BCUT2D eigenvalue weighted by atomic mass is 9.96. The topological polar surface area (TPSA) is 62.5 Å². The molecule has 1 fully saturated rings. The Morgan fingerprint density at radius 1 is 1.18 bits per heavy atom. The van der Waals surface area contributed by atoms with Gasteiger partial charge in [-0.15, -0.1) is 0 Å². The van der Waals surface area contributed by atoms with Crippen LogP contribution in [0.15, 0.2) is 36.5 Å². The smallest absolute Gasteiger partial charge is 0.416 e. The fourth-order valence-corrected chi connectivity index (χ4v) is 4.37. The molecular weight excluding hydrogens is 476 g/mol. The van der Waals surface area contributed by atoms with Crippen molar-refractivity contribution in [3.8, 4) is 11.1 Å². The van der Waals surface area contributed by atoms with Gasteiger partial charge in [0.15, 0.2) is 0 Å². The number of carboxylic acid groups (broad SMARTS) is 1. The van der Waals surface area contributed by atoms with Crippen LogP contribution in [-0.4, -0.2) is 33.0 Å². The van der Waals surface area contributed by atoms with Crippen LogP contribution in [0.4, 0.5) is 17.6 Å². The molecule has 1 saturated carbocycles. The van der Waals surface area contributed by atoms with Crippen molar-refractivity contribution < 1.29 is 32.3 Å². The summed E-state index contributed by atoms with van der Waals surface area (Å²) in [6, 6.07) is 5.63. The van der Waals surface area contributed by atoms with Gasteiger partial charge in [0.25, 0.3) is 0 Å². The molecule has 1 aromatic heterocycles. The summed E-state index contributed by atoms with van der Waals surface area (Å²) in [6.07, 6.45) is -1.66. The molecule has 0 unspecified atom stereocenters. The third kappa shape index (κ3) is 4.61. The molecule has 3 aromatic rings. The Morgan fingerprint density at radius 3 is 2.47 bits per heavy atom. The minimum absolute atomic E-state index is 0.0797. The highest BCUT2D eigenvalue weighted by Gasteiger charge is 2.35. The standard InChI is InChI=1S/C24H21ClF4N2O3/c1-2-30(23(34)13-3-4-13)10-14-9-15(24(27,28)29)5-6-16(14)17-11-31(12-20(32)33)19-8-7-18(26)22(25)21(17)19/h5-9,11,13H,2-4,10,12H2,1H3,(H,32,33). The zero-order chi connectivity index (χ0) is 24.8. The highest BCUT2D eigenvalue weighted by Crippen LogP contribution is 2.41. The molecule has 1 amide bonds. The van der Waals surface area contributed by atoms with Gasteiger partial charge in [-0.25, -0.2) is 4.39 Å². The van der Waals surface area contributed by atoms with Gasteiger partial charge in [0.05, 0.1) is 16.1 Å². The van der Waals surface area contributed by atoms with E-state index in [-0.39, 0.29) is 34.3 Å². The molecule has 1 N–H and O–H groups in total. The SMILES string of the molecule is CCN(Cc1cc(C(F)(F)F)ccc1-c1cn(CC(=O)O)c2ccc(F)c(Cl)c12)C(=O)C1CC1. The minimum Gasteiger partial charge on any atom is -0.480 e. The quantitative estimate of drug-likeness (QED) is 0.410. The summed E-state index contributed by atoms with van der Waals surface area (Å²) < 4.78 is 56.2. The molecule has 0 spiro atoms. The molecule has 0 radical (unpaired) electrons. The van der Waals surface area contributed by atoms with Crippen molar-refractivity contribution in [2.24, 2.45) is 5.92 Å². The van der Waals surface area contributed by atoms with Crippen LogP contribution in [-0.2, 0) is 28.9 Å². The van der Waals surface area contributed by atoms with Crippen LogP contribution in [0.3, 0.4) is 0 Å². The molecule has 5 nitrogen and oxygen atoms in total. The molecule has 1 aliphatic rings. The zero-order valence-corrected chi connectivity index (χ0v) is 18.9. The van der Waals surface area contributed by atoms with Crippen LogP contribution in [0.1, 0.15) is 30.9 Å². The lowest BCUT2D eigenvalue weighted by molar-refractivity contribution is -0.138. The van der Waals surface area contributed by atoms with E-state index < -0.39 is 30.1 Å². The van der Waals surface area contributed by atoms with Gasteiger partial charge in [0.1, 0.15) is 12.4 Å². The molecule has 1 aliphatic carbocycles. The van der Waals surface area contributed by atoms with Crippen molar-refractivity contribution in [1.29, 1.82) is 0 Å². The predicted octanol–water partition coefficient (Wildman–Crippen LogP) is 5.96. The summed E-state index contributed by atoms with van der Waals surface area (Å²) in [5.41, 5.74) is 0.264. The molecule has 2 aromatic carbocycles. The lowest BCUT2D eigenvalue weighted by Gasteiger charge is -2.23. The number of benzene rings is 2. The first kappa shape index (κ1) is 24.1. The second-order valence-electron chi connectivity index (χ2n) is 8.32. The fourth-order valence-electron chi connectivity index (χ4n) is 4.11. The van der Waals surface area contributed by atoms with E-state index in [2.05, 4.69) is 0 Å². The molecule has 0 aliphatic heterocycles. The average Bonchev–Trinajstić information content (AvgIpc) is 3.56. The van der Waals surface area contributed by atoms with Gasteiger partial charge in [-0.2, -0.15) is 13.2 Å². The molecule has 34 heavy (non-hydrogen) atoms. The number of alkyl halides is 3. The summed E-state index contributed by atoms with van der Waals surface area (Å²) >= 11 is 6.24. The molecule has 0 saturated heterocycles. The number of hydrogen-bond acceptors (Lipinski definition) is 2. The van der Waals surface area contributed by atoms with Gasteiger partial charge in [-0.1, -0.05) is 17.7 Å². The van der Waals surface area contributed by atoms with Gasteiger partial charge < -0.3 is 14.6 Å². The van der Waals surface area contributed by atoms with Crippen LogP contribution < -0.4 is 0 Å². The second-order valence-corrected chi connectivity index (χ2v) is 8.69. The van der Waals surface area contributed by atoms with Gasteiger partial charge in [-0.3, -0.25) is 9.59 Å². The highest BCUT2D eigenvalue weighted by atomic mass is 35.5. The first-order valence-electron chi connectivity index (χ1n) is 10.7. The monoisotopic (exact) mass is 496 g/mol. The van der Waals surface area contributed by atoms with Crippen LogP contribution >= 0.6 is 11.6 Å². The number of carboxylic acids is 1. The number of hydrogen-bond donors (Lipinski definition) is 1. The van der Waals surface area contributed by atoms with Crippen molar-refractivity contribution >= 4 is 34.4 Å². The van der Waals surface area contributed by atoms with Crippen molar-refractivity contribution in [2.45, 2.75) is 39.0 Å². The first-order valence-corrected chi connectivity index (χ1v) is 11.1. The molecule has 1 heterocycles. The van der Waals surface area contributed by atoms with E-state index in [1.54, 1.807) is 6.92 Å². The molecule has 4 rings (SSSR count). The fraction of sp³-hybridized carbons (Fsp3) is 0.333. The van der Waals surface area contributed by atoms with Crippen LogP contribution in [0, 0.1) is 11.7 Å². The lowest BCUT2D eigenvalue weighted by Crippen LogP contribution is -2.31. The van der Waals surface area contributed by atoms with E-state index in [0.29, 0.717) is 23.2 Å². The third-order valence-corrected chi connectivity index (χ3v) is 6.32. The Morgan fingerprint density at radius 2 is 1.88 bits per heavy atom. The van der Waals surface area contributed by atoms with E-state index in [4.69, 9.17) is 11.6 Å². The maximum atomic E-state index is 14.3. The number of nitrogens with zero attached hydrogens (tertiary/aromatic N) is 2.